The average Bonchev–Trinajstić information content (AvgIpc) is 2.44. The molecule has 0 spiro atoms. The molecule has 17 heavy (non-hydrogen) atoms. The van der Waals surface area contributed by atoms with E-state index >= 15 is 0 Å². The molecule has 0 aliphatic carbocycles. The van der Waals surface area contributed by atoms with Crippen molar-refractivity contribution in [1.29, 1.82) is 0 Å². The summed E-state index contributed by atoms with van der Waals surface area (Å²) in [6.45, 7) is 15.0. The zero-order valence-electron chi connectivity index (χ0n) is 11.5. The van der Waals surface area contributed by atoms with E-state index in [1.165, 1.54) is 0 Å². The van der Waals surface area contributed by atoms with Crippen LogP contribution in [0.5, 0.6) is 0 Å². The fraction of sp³-hybridized carbons (Fsp3) is 0.583. The third-order valence-corrected chi connectivity index (χ3v) is 8.40. The fourth-order valence-corrected chi connectivity index (χ4v) is 2.42. The van der Waals surface area contributed by atoms with E-state index in [4.69, 9.17) is 4.43 Å². The van der Waals surface area contributed by atoms with Crippen molar-refractivity contribution in [2.24, 2.45) is 7.05 Å². The smallest absolute Gasteiger partial charge is 0.250 e. The molecule has 0 aliphatic rings. The first kappa shape index (κ1) is 14.5. The van der Waals surface area contributed by atoms with Gasteiger partial charge in [0.1, 0.15) is 16.1 Å². The predicted molar refractivity (Wildman–Crippen MR) is 78.2 cm³/mol. The van der Waals surface area contributed by atoms with Gasteiger partial charge in [-0.15, -0.1) is 0 Å². The first-order valence-electron chi connectivity index (χ1n) is 5.62. The van der Waals surface area contributed by atoms with E-state index in [2.05, 4.69) is 61.5 Å². The molecule has 0 amide bonds. The largest absolute Gasteiger partial charge is 0.542 e. The van der Waals surface area contributed by atoms with Crippen LogP contribution in [0.25, 0.3) is 5.76 Å². The van der Waals surface area contributed by atoms with Crippen molar-refractivity contribution in [3.63, 3.8) is 0 Å². The number of rotatable bonds is 3. The van der Waals surface area contributed by atoms with Crippen LogP contribution in [0.3, 0.4) is 0 Å². The highest BCUT2D eigenvalue weighted by Crippen LogP contribution is 2.39. The molecule has 0 N–H and O–H groups in total. The van der Waals surface area contributed by atoms with E-state index in [0.29, 0.717) is 5.76 Å². The number of aryl methyl sites for hydroxylation is 1. The summed E-state index contributed by atoms with van der Waals surface area (Å²) in [5.41, 5.74) is 0.796. The monoisotopic (exact) mass is 316 g/mol. The summed E-state index contributed by atoms with van der Waals surface area (Å²) in [5.74, 6) is 0.665. The van der Waals surface area contributed by atoms with Gasteiger partial charge in [-0.1, -0.05) is 27.4 Å². The highest BCUT2D eigenvalue weighted by atomic mass is 79.9. The Bertz CT molecular complexity index is 413. The molecule has 0 aliphatic heterocycles. The van der Waals surface area contributed by atoms with E-state index in [0.717, 1.165) is 10.3 Å². The Morgan fingerprint density at radius 2 is 2.00 bits per heavy atom. The van der Waals surface area contributed by atoms with Gasteiger partial charge < -0.3 is 4.43 Å². The van der Waals surface area contributed by atoms with Gasteiger partial charge in [0, 0.05) is 13.1 Å². The van der Waals surface area contributed by atoms with Gasteiger partial charge in [-0.25, -0.2) is 0 Å². The maximum absolute atomic E-state index is 6.10. The zero-order chi connectivity index (χ0) is 13.4. The molecule has 1 aromatic heterocycles. The molecule has 0 fully saturated rings. The quantitative estimate of drug-likeness (QED) is 0.618. The zero-order valence-corrected chi connectivity index (χ0v) is 14.1. The summed E-state index contributed by atoms with van der Waals surface area (Å²) < 4.78 is 8.79. The predicted octanol–water partition coefficient (Wildman–Crippen LogP) is 4.18. The molecule has 0 radical (unpaired) electrons. The second kappa shape index (κ2) is 4.61. The molecule has 96 valence electrons. The summed E-state index contributed by atoms with van der Waals surface area (Å²) in [5, 5.41) is 4.51. The van der Waals surface area contributed by atoms with Gasteiger partial charge in [-0.3, -0.25) is 4.68 Å². The van der Waals surface area contributed by atoms with Crippen molar-refractivity contribution in [2.45, 2.75) is 38.9 Å². The Morgan fingerprint density at radius 3 is 2.35 bits per heavy atom. The van der Waals surface area contributed by atoms with Gasteiger partial charge in [-0.05, 0) is 34.1 Å². The molecule has 0 atom stereocenters. The first-order chi connectivity index (χ1) is 7.54. The summed E-state index contributed by atoms with van der Waals surface area (Å²) in [4.78, 5) is 0. The molecule has 1 aromatic rings. The van der Waals surface area contributed by atoms with Crippen LogP contribution in [0.2, 0.25) is 18.1 Å². The number of halogens is 1. The van der Waals surface area contributed by atoms with Crippen molar-refractivity contribution in [2.75, 3.05) is 0 Å². The first-order valence-corrected chi connectivity index (χ1v) is 9.32. The Morgan fingerprint density at radius 1 is 1.47 bits per heavy atom. The van der Waals surface area contributed by atoms with Crippen LogP contribution < -0.4 is 0 Å². The van der Waals surface area contributed by atoms with Crippen molar-refractivity contribution in [3.8, 4) is 0 Å². The van der Waals surface area contributed by atoms with Gasteiger partial charge in [0.05, 0.1) is 0 Å². The minimum Gasteiger partial charge on any atom is -0.542 e. The fourth-order valence-electron chi connectivity index (χ4n) is 1.09. The summed E-state index contributed by atoms with van der Waals surface area (Å²) in [7, 11) is 0.0591. The van der Waals surface area contributed by atoms with Gasteiger partial charge >= 0.3 is 0 Å². The van der Waals surface area contributed by atoms with Crippen molar-refractivity contribution in [1.82, 2.24) is 9.78 Å². The second-order valence-corrected chi connectivity index (χ2v) is 11.3. The Kier molecular flexibility index (Phi) is 3.93. The van der Waals surface area contributed by atoms with Crippen molar-refractivity contribution >= 4 is 30.0 Å². The Labute approximate surface area is 113 Å². The van der Waals surface area contributed by atoms with Gasteiger partial charge in [0.25, 0.3) is 8.32 Å². The van der Waals surface area contributed by atoms with Crippen molar-refractivity contribution < 1.29 is 4.43 Å². The number of hydrogen-bond donors (Lipinski definition) is 0. The lowest BCUT2D eigenvalue weighted by Gasteiger charge is -2.36. The lowest BCUT2D eigenvalue weighted by Crippen LogP contribution is -2.40. The highest BCUT2D eigenvalue weighted by molar-refractivity contribution is 9.10. The third-order valence-electron chi connectivity index (χ3n) is 3.29. The average molecular weight is 317 g/mol. The molecule has 0 saturated heterocycles. The van der Waals surface area contributed by atoms with E-state index < -0.39 is 8.32 Å². The molecular formula is C12H21BrN2OSi. The maximum Gasteiger partial charge on any atom is 0.250 e. The standard InChI is InChI=1S/C12H21BrN2OSi/c1-9(10-8-11(13)15(5)14-10)16-17(6,7)12(2,3)4/h8H,1H2,2-7H3. The topological polar surface area (TPSA) is 27.1 Å². The van der Waals surface area contributed by atoms with Gasteiger partial charge in [0.2, 0.25) is 0 Å². The summed E-state index contributed by atoms with van der Waals surface area (Å²) in [6, 6.07) is 1.93. The lowest BCUT2D eigenvalue weighted by molar-refractivity contribution is 0.456. The molecule has 1 rings (SSSR count). The van der Waals surface area contributed by atoms with E-state index in [-0.39, 0.29) is 5.04 Å². The normalized spacial score (nSPS) is 12.6. The molecule has 5 heteroatoms. The van der Waals surface area contributed by atoms with Gasteiger partial charge in [-0.2, -0.15) is 5.10 Å². The SMILES string of the molecule is C=C(O[Si](C)(C)C(C)(C)C)c1cc(Br)n(C)n1. The number of aromatic nitrogens is 2. The van der Waals surface area contributed by atoms with Crippen molar-refractivity contribution in [3.05, 3.63) is 22.9 Å². The van der Waals surface area contributed by atoms with E-state index in [1.807, 2.05) is 13.1 Å². The van der Waals surface area contributed by atoms with Crippen LogP contribution in [0, 0.1) is 0 Å². The van der Waals surface area contributed by atoms with Crippen LogP contribution in [-0.4, -0.2) is 18.1 Å². The highest BCUT2D eigenvalue weighted by Gasteiger charge is 2.39. The maximum atomic E-state index is 6.10. The number of nitrogens with zero attached hydrogens (tertiary/aromatic N) is 2. The lowest BCUT2D eigenvalue weighted by atomic mass is 10.2. The minimum absolute atomic E-state index is 0.169. The van der Waals surface area contributed by atoms with Crippen LogP contribution >= 0.6 is 15.9 Å². The molecule has 1 heterocycles. The molecule has 0 unspecified atom stereocenters. The molecular weight excluding hydrogens is 296 g/mol. The molecule has 0 aromatic carbocycles. The molecule has 3 nitrogen and oxygen atoms in total. The molecule has 0 bridgehead atoms. The van der Waals surface area contributed by atoms with Crippen LogP contribution in [0.15, 0.2) is 17.2 Å². The van der Waals surface area contributed by atoms with Crippen LogP contribution in [0.1, 0.15) is 26.5 Å². The second-order valence-electron chi connectivity index (χ2n) is 5.76. The molecule has 0 saturated carbocycles. The summed E-state index contributed by atoms with van der Waals surface area (Å²) in [6.07, 6.45) is 0. The third kappa shape index (κ3) is 3.22. The minimum atomic E-state index is -1.82. The van der Waals surface area contributed by atoms with Gasteiger partial charge in [0.15, 0.2) is 0 Å². The van der Waals surface area contributed by atoms with E-state index in [9.17, 15) is 0 Å². The Hall–Kier alpha value is -0.553. The van der Waals surface area contributed by atoms with Crippen LogP contribution in [0.4, 0.5) is 0 Å². The number of hydrogen-bond acceptors (Lipinski definition) is 2. The summed E-state index contributed by atoms with van der Waals surface area (Å²) >= 11 is 3.42. The Balaban J connectivity index is 2.87. The van der Waals surface area contributed by atoms with Crippen LogP contribution in [-0.2, 0) is 11.5 Å². The van der Waals surface area contributed by atoms with E-state index in [1.54, 1.807) is 4.68 Å².